The number of likely N-dealkylation sites (tertiary alicyclic amines) is 1. The van der Waals surface area contributed by atoms with E-state index in [1.165, 1.54) is 19.3 Å². The van der Waals surface area contributed by atoms with Gasteiger partial charge in [0.25, 0.3) is 0 Å². The van der Waals surface area contributed by atoms with Crippen molar-refractivity contribution in [3.8, 4) is 11.5 Å². The van der Waals surface area contributed by atoms with Gasteiger partial charge in [-0.15, -0.1) is 13.2 Å². The minimum atomic E-state index is -1.06. The molecule has 194 valence electrons. The van der Waals surface area contributed by atoms with E-state index in [-0.39, 0.29) is 17.8 Å². The molecular weight excluding hydrogens is 454 g/mol. The molecule has 1 saturated heterocycles. The number of piperidine rings is 1. The highest BCUT2D eigenvalue weighted by Crippen LogP contribution is 2.64. The molecule has 0 radical (unpaired) electrons. The van der Waals surface area contributed by atoms with Crippen molar-refractivity contribution in [2.45, 2.75) is 100 Å². The van der Waals surface area contributed by atoms with E-state index in [2.05, 4.69) is 18.1 Å². The van der Waals surface area contributed by atoms with E-state index in [0.717, 1.165) is 43.4 Å². The van der Waals surface area contributed by atoms with Crippen LogP contribution >= 0.6 is 0 Å². The average molecular weight is 494 g/mol. The van der Waals surface area contributed by atoms with E-state index < -0.39 is 17.1 Å². The third kappa shape index (κ3) is 3.93. The summed E-state index contributed by atoms with van der Waals surface area (Å²) in [4.78, 5) is 28.1. The first-order valence-corrected chi connectivity index (χ1v) is 13.7. The minimum Gasteiger partial charge on any atom is -0.477 e. The molecule has 36 heavy (non-hydrogen) atoms. The molecule has 1 saturated carbocycles. The Hall–Kier alpha value is -2.44. The van der Waals surface area contributed by atoms with Gasteiger partial charge in [0.15, 0.2) is 23.4 Å². The van der Waals surface area contributed by atoms with Gasteiger partial charge >= 0.3 is 5.97 Å². The third-order valence-corrected chi connectivity index (χ3v) is 8.98. The summed E-state index contributed by atoms with van der Waals surface area (Å²) in [5.74, 6) is 0.640. The average Bonchev–Trinajstić information content (AvgIpc) is 3.22. The maximum Gasteiger partial charge on any atom is 0.311 e. The van der Waals surface area contributed by atoms with Crippen molar-refractivity contribution in [3.63, 3.8) is 0 Å². The molecule has 1 aromatic rings. The number of benzene rings is 1. The number of esters is 1. The summed E-state index contributed by atoms with van der Waals surface area (Å²) < 4.78 is 12.1. The molecule has 6 nitrogen and oxygen atoms in total. The number of ether oxygens (including phenoxy) is 2. The number of nitrogens with zero attached hydrogens (tertiary/aromatic N) is 1. The highest BCUT2D eigenvalue weighted by molar-refractivity contribution is 5.90. The molecule has 1 aromatic carbocycles. The standard InChI is InChI=1S/C30H39NO5/c1-3-5-6-7-8-9-10-11-12-25(33)35-23-14-13-21-20-24-30(34)16-15-22(32)28-29(30,26(21)27(23)36-28)17-19-31(24)18-4-2/h3-4,13-14,24,28,34H,1-2,5-12,15-20H2/t24?,28?,29-,30+/m0/s1. The lowest BCUT2D eigenvalue weighted by atomic mass is 9.49. The Morgan fingerprint density at radius 3 is 2.69 bits per heavy atom. The summed E-state index contributed by atoms with van der Waals surface area (Å²) in [6.45, 7) is 9.12. The number of hydrogen-bond donors (Lipinski definition) is 1. The number of carbonyl (C=O) groups excluding carboxylic acids is 2. The maximum atomic E-state index is 13.1. The predicted octanol–water partition coefficient (Wildman–Crippen LogP) is 4.81. The van der Waals surface area contributed by atoms with Crippen LogP contribution in [-0.4, -0.2) is 52.6 Å². The van der Waals surface area contributed by atoms with Gasteiger partial charge in [0.05, 0.1) is 11.0 Å². The zero-order chi connectivity index (χ0) is 25.3. The van der Waals surface area contributed by atoms with Crippen LogP contribution in [0.15, 0.2) is 37.4 Å². The molecule has 2 unspecified atom stereocenters. The number of aliphatic hydroxyl groups is 1. The summed E-state index contributed by atoms with van der Waals surface area (Å²) in [7, 11) is 0. The molecule has 1 spiro atoms. The van der Waals surface area contributed by atoms with Crippen molar-refractivity contribution in [1.29, 1.82) is 0 Å². The Bertz CT molecular complexity index is 1050. The van der Waals surface area contributed by atoms with Crippen LogP contribution < -0.4 is 9.47 Å². The summed E-state index contributed by atoms with van der Waals surface area (Å²) >= 11 is 0. The van der Waals surface area contributed by atoms with Crippen LogP contribution in [0.4, 0.5) is 0 Å². The molecule has 0 aromatic heterocycles. The normalized spacial score (nSPS) is 29.9. The van der Waals surface area contributed by atoms with E-state index in [0.29, 0.717) is 50.1 Å². The molecule has 6 heteroatoms. The Morgan fingerprint density at radius 1 is 1.14 bits per heavy atom. The van der Waals surface area contributed by atoms with Crippen molar-refractivity contribution < 1.29 is 24.2 Å². The Kier molecular flexibility index (Phi) is 7.10. The summed E-state index contributed by atoms with van der Waals surface area (Å²) in [6, 6.07) is 3.72. The van der Waals surface area contributed by atoms with Crippen LogP contribution in [0.3, 0.4) is 0 Å². The fraction of sp³-hybridized carbons (Fsp3) is 0.600. The van der Waals surface area contributed by atoms with Gasteiger partial charge in [0, 0.05) is 37.5 Å². The lowest BCUT2D eigenvalue weighted by Crippen LogP contribution is -2.76. The van der Waals surface area contributed by atoms with Gasteiger partial charge in [0.1, 0.15) is 0 Å². The lowest BCUT2D eigenvalue weighted by molar-refractivity contribution is -0.187. The van der Waals surface area contributed by atoms with Crippen LogP contribution in [0.25, 0.3) is 0 Å². The van der Waals surface area contributed by atoms with Gasteiger partial charge in [-0.25, -0.2) is 0 Å². The van der Waals surface area contributed by atoms with Crippen LogP contribution in [-0.2, 0) is 21.4 Å². The Labute approximate surface area is 214 Å². The minimum absolute atomic E-state index is 0.0324. The van der Waals surface area contributed by atoms with Gasteiger partial charge in [-0.1, -0.05) is 43.9 Å². The Balaban J connectivity index is 1.33. The first-order chi connectivity index (χ1) is 17.5. The quantitative estimate of drug-likeness (QED) is 0.195. The number of hydrogen-bond acceptors (Lipinski definition) is 6. The van der Waals surface area contributed by atoms with Crippen molar-refractivity contribution in [2.24, 2.45) is 0 Å². The highest BCUT2D eigenvalue weighted by Gasteiger charge is 2.73. The van der Waals surface area contributed by atoms with Crippen molar-refractivity contribution in [3.05, 3.63) is 48.6 Å². The zero-order valence-corrected chi connectivity index (χ0v) is 21.3. The largest absolute Gasteiger partial charge is 0.477 e. The van der Waals surface area contributed by atoms with Gasteiger partial charge in [0.2, 0.25) is 0 Å². The topological polar surface area (TPSA) is 76.1 Å². The Morgan fingerprint density at radius 2 is 1.92 bits per heavy atom. The molecule has 0 amide bonds. The predicted molar refractivity (Wildman–Crippen MR) is 138 cm³/mol. The molecular formula is C30H39NO5. The zero-order valence-electron chi connectivity index (χ0n) is 21.3. The first kappa shape index (κ1) is 25.2. The summed E-state index contributed by atoms with van der Waals surface area (Å²) in [6.07, 6.45) is 13.1. The number of Topliss-reactive ketones (excluding diaryl/α,β-unsaturated/α-hetero) is 1. The molecule has 2 aliphatic heterocycles. The van der Waals surface area contributed by atoms with Crippen LogP contribution in [0.1, 0.15) is 81.8 Å². The first-order valence-electron chi connectivity index (χ1n) is 13.7. The second kappa shape index (κ2) is 10.1. The van der Waals surface area contributed by atoms with E-state index >= 15 is 0 Å². The second-order valence-electron chi connectivity index (χ2n) is 11.0. The van der Waals surface area contributed by atoms with Crippen LogP contribution in [0.2, 0.25) is 0 Å². The molecule has 2 fully saturated rings. The van der Waals surface area contributed by atoms with Crippen molar-refractivity contribution >= 4 is 11.8 Å². The SMILES string of the molecule is C=CCCCCCCCCC(=O)Oc1ccc2c3c1OC1C(=O)CC[C@@]4(O)C(C2)N(CC=C)CC[C@]314. The number of allylic oxidation sites excluding steroid dienone is 1. The van der Waals surface area contributed by atoms with Gasteiger partial charge in [-0.05, 0) is 50.2 Å². The van der Waals surface area contributed by atoms with Crippen LogP contribution in [0, 0.1) is 0 Å². The van der Waals surface area contributed by atoms with E-state index in [1.54, 1.807) is 0 Å². The molecule has 4 aliphatic rings. The number of rotatable bonds is 12. The fourth-order valence-corrected chi connectivity index (χ4v) is 7.31. The van der Waals surface area contributed by atoms with E-state index in [9.17, 15) is 14.7 Å². The number of carbonyl (C=O) groups is 2. The smallest absolute Gasteiger partial charge is 0.311 e. The molecule has 2 aliphatic carbocycles. The fourth-order valence-electron chi connectivity index (χ4n) is 7.31. The van der Waals surface area contributed by atoms with E-state index in [4.69, 9.17) is 9.47 Å². The van der Waals surface area contributed by atoms with Crippen molar-refractivity contribution in [1.82, 2.24) is 4.90 Å². The van der Waals surface area contributed by atoms with Gasteiger partial charge in [-0.3, -0.25) is 14.5 Å². The number of unbranched alkanes of at least 4 members (excludes halogenated alkanes) is 6. The molecule has 2 heterocycles. The summed E-state index contributed by atoms with van der Waals surface area (Å²) in [5, 5.41) is 12.2. The monoisotopic (exact) mass is 493 g/mol. The van der Waals surface area contributed by atoms with Gasteiger partial charge in [-0.2, -0.15) is 0 Å². The third-order valence-electron chi connectivity index (χ3n) is 8.98. The molecule has 4 atom stereocenters. The second-order valence-corrected chi connectivity index (χ2v) is 11.0. The lowest BCUT2D eigenvalue weighted by Gasteiger charge is -2.62. The molecule has 1 N–H and O–H groups in total. The van der Waals surface area contributed by atoms with Gasteiger partial charge < -0.3 is 14.6 Å². The van der Waals surface area contributed by atoms with Crippen LogP contribution in [0.5, 0.6) is 11.5 Å². The van der Waals surface area contributed by atoms with E-state index in [1.807, 2.05) is 24.3 Å². The molecule has 2 bridgehead atoms. The highest BCUT2D eigenvalue weighted by atomic mass is 16.6. The molecule has 5 rings (SSSR count). The maximum absolute atomic E-state index is 13.1. The summed E-state index contributed by atoms with van der Waals surface area (Å²) in [5.41, 5.74) is 0.158. The number of ketones is 1. The van der Waals surface area contributed by atoms with Crippen molar-refractivity contribution in [2.75, 3.05) is 13.1 Å².